The van der Waals surface area contributed by atoms with Crippen LogP contribution in [0.5, 0.6) is 17.2 Å². The molecule has 11 heteroatoms. The number of alkyl halides is 3. The third-order valence-corrected chi connectivity index (χ3v) is 5.78. The van der Waals surface area contributed by atoms with Crippen LogP contribution in [-0.2, 0) is 4.79 Å². The summed E-state index contributed by atoms with van der Waals surface area (Å²) in [6.07, 6.45) is -1.36. The molecule has 1 aromatic carbocycles. The van der Waals surface area contributed by atoms with Crippen LogP contribution in [0.15, 0.2) is 17.1 Å². The highest BCUT2D eigenvalue weighted by Gasteiger charge is 2.67. The number of nitrogens with one attached hydrogen (secondary N) is 1. The zero-order valence-electron chi connectivity index (χ0n) is 18.3. The smallest absolute Gasteiger partial charge is 0.442 e. The van der Waals surface area contributed by atoms with Gasteiger partial charge in [-0.3, -0.25) is 14.5 Å². The van der Waals surface area contributed by atoms with Crippen LogP contribution in [0.3, 0.4) is 0 Å². The van der Waals surface area contributed by atoms with Crippen LogP contribution in [0.1, 0.15) is 49.4 Å². The molecule has 1 N–H and O–H groups in total. The molecule has 8 nitrogen and oxygen atoms in total. The maximum Gasteiger partial charge on any atom is 0.442 e. The molecule has 0 spiro atoms. The summed E-state index contributed by atoms with van der Waals surface area (Å²) in [7, 11) is 3.98. The highest BCUT2D eigenvalue weighted by molar-refractivity contribution is 6.10. The van der Waals surface area contributed by atoms with Gasteiger partial charge in [0.15, 0.2) is 11.5 Å². The van der Waals surface area contributed by atoms with E-state index in [0.29, 0.717) is 12.8 Å². The van der Waals surface area contributed by atoms with E-state index in [4.69, 9.17) is 14.2 Å². The molecule has 1 aliphatic heterocycles. The van der Waals surface area contributed by atoms with Crippen LogP contribution in [-0.4, -0.2) is 61.8 Å². The molecule has 1 heterocycles. The van der Waals surface area contributed by atoms with Gasteiger partial charge in [-0.15, -0.1) is 0 Å². The highest BCUT2D eigenvalue weighted by atomic mass is 19.4. The fourth-order valence-electron chi connectivity index (χ4n) is 4.22. The lowest BCUT2D eigenvalue weighted by Gasteiger charge is -2.34. The number of hydrogen-bond donors (Lipinski definition) is 1. The van der Waals surface area contributed by atoms with E-state index in [1.807, 2.05) is 5.32 Å². The third kappa shape index (κ3) is 3.95. The molecule has 0 aromatic heterocycles. The lowest BCUT2D eigenvalue weighted by Crippen LogP contribution is -2.64. The lowest BCUT2D eigenvalue weighted by atomic mass is 9.93. The van der Waals surface area contributed by atoms with Crippen molar-refractivity contribution < 1.29 is 37.0 Å². The predicted molar refractivity (Wildman–Crippen MR) is 109 cm³/mol. The van der Waals surface area contributed by atoms with Crippen molar-refractivity contribution in [1.29, 1.82) is 0 Å². The average molecular weight is 457 g/mol. The summed E-state index contributed by atoms with van der Waals surface area (Å²) in [4.78, 5) is 30.8. The largest absolute Gasteiger partial charge is 0.493 e. The fourth-order valence-corrected chi connectivity index (χ4v) is 4.22. The van der Waals surface area contributed by atoms with Gasteiger partial charge in [-0.25, -0.2) is 4.99 Å². The summed E-state index contributed by atoms with van der Waals surface area (Å²) in [6, 6.07) is 2.04. The van der Waals surface area contributed by atoms with E-state index in [9.17, 15) is 22.8 Å². The van der Waals surface area contributed by atoms with Crippen molar-refractivity contribution in [3.8, 4) is 17.2 Å². The maximum atomic E-state index is 14.2. The second kappa shape index (κ2) is 8.87. The number of carbonyl (C=O) groups excluding carboxylic acids is 2. The molecule has 1 fully saturated rings. The van der Waals surface area contributed by atoms with Crippen LogP contribution >= 0.6 is 0 Å². The molecule has 0 radical (unpaired) electrons. The maximum absolute atomic E-state index is 14.2. The Morgan fingerprint density at radius 2 is 1.66 bits per heavy atom. The molecule has 1 unspecified atom stereocenters. The van der Waals surface area contributed by atoms with Gasteiger partial charge in [0, 0.05) is 11.6 Å². The Kier molecular flexibility index (Phi) is 6.56. The summed E-state index contributed by atoms with van der Waals surface area (Å²) in [5.41, 5.74) is -3.61. The van der Waals surface area contributed by atoms with Crippen LogP contribution in [0.2, 0.25) is 0 Å². The number of carbonyl (C=O) groups is 2. The molecular formula is C21H26F3N3O5. The second-order valence-electron chi connectivity index (χ2n) is 7.70. The SMILES string of the molecule is COc1cc(C(=O)NC2(C(F)(F)F)N=C(C)N(C3CCCCC3)C2=O)cc(OC)c1OC. The van der Waals surface area contributed by atoms with Crippen molar-refractivity contribution >= 4 is 17.6 Å². The van der Waals surface area contributed by atoms with Crippen molar-refractivity contribution in [3.63, 3.8) is 0 Å². The van der Waals surface area contributed by atoms with Gasteiger partial charge in [-0.2, -0.15) is 13.2 Å². The first-order valence-corrected chi connectivity index (χ1v) is 10.2. The summed E-state index contributed by atoms with van der Waals surface area (Å²) in [5.74, 6) is -2.18. The second-order valence-corrected chi connectivity index (χ2v) is 7.70. The first-order valence-electron chi connectivity index (χ1n) is 10.2. The normalized spacial score (nSPS) is 21.9. The minimum absolute atomic E-state index is 0.0654. The lowest BCUT2D eigenvalue weighted by molar-refractivity contribution is -0.197. The van der Waals surface area contributed by atoms with Crippen molar-refractivity contribution in [3.05, 3.63) is 17.7 Å². The van der Waals surface area contributed by atoms with Crippen LogP contribution < -0.4 is 19.5 Å². The molecule has 32 heavy (non-hydrogen) atoms. The topological polar surface area (TPSA) is 89.5 Å². The Balaban J connectivity index is 1.99. The van der Waals surface area contributed by atoms with E-state index in [2.05, 4.69) is 4.99 Å². The minimum atomic E-state index is -5.15. The molecule has 2 aliphatic rings. The molecule has 0 saturated heterocycles. The van der Waals surface area contributed by atoms with Gasteiger partial charge in [0.2, 0.25) is 5.75 Å². The molecular weight excluding hydrogens is 431 g/mol. The Morgan fingerprint density at radius 1 is 1.09 bits per heavy atom. The van der Waals surface area contributed by atoms with Crippen molar-refractivity contribution in [1.82, 2.24) is 10.2 Å². The molecule has 3 rings (SSSR count). The molecule has 1 saturated carbocycles. The Labute approximate surface area is 183 Å². The van der Waals surface area contributed by atoms with E-state index in [-0.39, 0.29) is 34.7 Å². The standard InChI is InChI=1S/C21H26F3N3O5/c1-12-25-20(21(22,23)24,19(29)27(12)14-8-6-5-7-9-14)26-18(28)13-10-15(30-2)17(32-4)16(11-13)31-3/h10-11,14H,5-9H2,1-4H3,(H,26,28). The number of hydrogen-bond acceptors (Lipinski definition) is 6. The van der Waals surface area contributed by atoms with E-state index in [0.717, 1.165) is 24.2 Å². The average Bonchev–Trinajstić information content (AvgIpc) is 3.03. The quantitative estimate of drug-likeness (QED) is 0.708. The molecule has 2 amide bonds. The van der Waals surface area contributed by atoms with E-state index in [1.54, 1.807) is 0 Å². The van der Waals surface area contributed by atoms with E-state index < -0.39 is 23.7 Å². The van der Waals surface area contributed by atoms with Gasteiger partial charge in [0.05, 0.1) is 21.3 Å². The summed E-state index contributed by atoms with van der Waals surface area (Å²) in [6.45, 7) is 1.35. The van der Waals surface area contributed by atoms with E-state index in [1.165, 1.54) is 40.4 Å². The number of amidine groups is 1. The first-order chi connectivity index (χ1) is 15.1. The molecule has 1 atom stereocenters. The van der Waals surface area contributed by atoms with Crippen LogP contribution in [0, 0.1) is 0 Å². The first kappa shape index (κ1) is 23.7. The third-order valence-electron chi connectivity index (χ3n) is 5.78. The minimum Gasteiger partial charge on any atom is -0.493 e. The Morgan fingerprint density at radius 3 is 2.12 bits per heavy atom. The van der Waals surface area contributed by atoms with Gasteiger partial charge in [-0.1, -0.05) is 19.3 Å². The Hall–Kier alpha value is -2.98. The number of aliphatic imine (C=N–C) groups is 1. The van der Waals surface area contributed by atoms with Crippen LogP contribution in [0.4, 0.5) is 13.2 Å². The summed E-state index contributed by atoms with van der Waals surface area (Å²) in [5, 5.41) is 1.84. The summed E-state index contributed by atoms with van der Waals surface area (Å²) < 4.78 is 58.2. The number of halogens is 3. The number of amides is 2. The fraction of sp³-hybridized carbons (Fsp3) is 0.571. The molecule has 1 aliphatic carbocycles. The number of benzene rings is 1. The van der Waals surface area contributed by atoms with Crippen molar-refractivity contribution in [2.24, 2.45) is 4.99 Å². The van der Waals surface area contributed by atoms with Crippen molar-refractivity contribution in [2.75, 3.05) is 21.3 Å². The zero-order chi connectivity index (χ0) is 23.7. The highest BCUT2D eigenvalue weighted by Crippen LogP contribution is 2.41. The summed E-state index contributed by atoms with van der Waals surface area (Å²) >= 11 is 0. The van der Waals surface area contributed by atoms with Crippen molar-refractivity contribution in [2.45, 2.75) is 56.9 Å². The van der Waals surface area contributed by atoms with Gasteiger partial charge in [0.25, 0.3) is 11.8 Å². The number of rotatable bonds is 6. The van der Waals surface area contributed by atoms with Gasteiger partial charge >= 0.3 is 11.8 Å². The van der Waals surface area contributed by atoms with Gasteiger partial charge in [0.1, 0.15) is 5.84 Å². The molecule has 176 valence electrons. The van der Waals surface area contributed by atoms with Gasteiger partial charge < -0.3 is 19.5 Å². The molecule has 1 aromatic rings. The Bertz CT molecular complexity index is 903. The number of ether oxygens (including phenoxy) is 3. The number of methoxy groups -OCH3 is 3. The van der Waals surface area contributed by atoms with E-state index >= 15 is 0 Å². The molecule has 0 bridgehead atoms. The number of nitrogens with zero attached hydrogens (tertiary/aromatic N) is 2. The zero-order valence-corrected chi connectivity index (χ0v) is 18.3. The van der Waals surface area contributed by atoms with Gasteiger partial charge in [-0.05, 0) is 31.9 Å². The van der Waals surface area contributed by atoms with Crippen LogP contribution in [0.25, 0.3) is 0 Å². The monoisotopic (exact) mass is 457 g/mol. The predicted octanol–water partition coefficient (Wildman–Crippen LogP) is 3.29.